The number of para-hydroxylation sites is 1. The van der Waals surface area contributed by atoms with Gasteiger partial charge >= 0.3 is 0 Å². The van der Waals surface area contributed by atoms with Crippen LogP contribution in [0.25, 0.3) is 0 Å². The van der Waals surface area contributed by atoms with Crippen LogP contribution in [-0.4, -0.2) is 29.3 Å². The standard InChI is InChI=1S/C17H22N2O2/c1-13-17(14(2)21-18-13)11-19-10-6-7-15(19)12-20-16-8-4-3-5-9-16/h3-5,8-9,15H,6-7,10-12H2,1-2H3. The van der Waals surface area contributed by atoms with Gasteiger partial charge in [0.2, 0.25) is 0 Å². The minimum Gasteiger partial charge on any atom is -0.492 e. The van der Waals surface area contributed by atoms with Crippen molar-refractivity contribution < 1.29 is 9.26 Å². The van der Waals surface area contributed by atoms with Crippen LogP contribution in [0.5, 0.6) is 5.75 Å². The van der Waals surface area contributed by atoms with E-state index in [4.69, 9.17) is 9.26 Å². The maximum absolute atomic E-state index is 5.92. The van der Waals surface area contributed by atoms with Crippen molar-refractivity contribution in [2.75, 3.05) is 13.2 Å². The summed E-state index contributed by atoms with van der Waals surface area (Å²) < 4.78 is 11.2. The molecule has 112 valence electrons. The van der Waals surface area contributed by atoms with Crippen LogP contribution < -0.4 is 4.74 Å². The lowest BCUT2D eigenvalue weighted by Crippen LogP contribution is -2.34. The highest BCUT2D eigenvalue weighted by atomic mass is 16.5. The second-order valence-corrected chi connectivity index (χ2v) is 5.69. The molecule has 1 aliphatic heterocycles. The summed E-state index contributed by atoms with van der Waals surface area (Å²) in [7, 11) is 0. The van der Waals surface area contributed by atoms with Crippen molar-refractivity contribution in [1.29, 1.82) is 0 Å². The van der Waals surface area contributed by atoms with Crippen LogP contribution in [-0.2, 0) is 6.54 Å². The van der Waals surface area contributed by atoms with E-state index in [1.807, 2.05) is 44.2 Å². The van der Waals surface area contributed by atoms with Crippen molar-refractivity contribution >= 4 is 0 Å². The molecule has 4 heteroatoms. The maximum atomic E-state index is 5.92. The lowest BCUT2D eigenvalue weighted by atomic mass is 10.1. The molecule has 0 saturated carbocycles. The second-order valence-electron chi connectivity index (χ2n) is 5.69. The molecule has 0 radical (unpaired) electrons. The van der Waals surface area contributed by atoms with E-state index in [1.54, 1.807) is 0 Å². The van der Waals surface area contributed by atoms with E-state index < -0.39 is 0 Å². The fraction of sp³-hybridized carbons (Fsp3) is 0.471. The van der Waals surface area contributed by atoms with Crippen molar-refractivity contribution in [2.45, 2.75) is 39.3 Å². The molecule has 2 heterocycles. The number of benzene rings is 1. The van der Waals surface area contributed by atoms with Gasteiger partial charge in [0.1, 0.15) is 18.1 Å². The zero-order valence-electron chi connectivity index (χ0n) is 12.7. The molecular formula is C17H22N2O2. The molecule has 4 nitrogen and oxygen atoms in total. The van der Waals surface area contributed by atoms with E-state index in [2.05, 4.69) is 10.1 Å². The number of ether oxygens (including phenoxy) is 1. The molecule has 21 heavy (non-hydrogen) atoms. The lowest BCUT2D eigenvalue weighted by molar-refractivity contribution is 0.166. The number of rotatable bonds is 5. The van der Waals surface area contributed by atoms with E-state index in [0.717, 1.165) is 36.9 Å². The molecule has 0 aliphatic carbocycles. The summed E-state index contributed by atoms with van der Waals surface area (Å²) in [6.07, 6.45) is 2.42. The number of hydrogen-bond acceptors (Lipinski definition) is 4. The SMILES string of the molecule is Cc1noc(C)c1CN1CCCC1COc1ccccc1. The van der Waals surface area contributed by atoms with Crippen LogP contribution in [0.3, 0.4) is 0 Å². The van der Waals surface area contributed by atoms with Gasteiger partial charge in [-0.3, -0.25) is 4.90 Å². The molecule has 2 aromatic rings. The highest BCUT2D eigenvalue weighted by Gasteiger charge is 2.26. The minimum atomic E-state index is 0.471. The first-order chi connectivity index (χ1) is 10.2. The van der Waals surface area contributed by atoms with Crippen LogP contribution >= 0.6 is 0 Å². The van der Waals surface area contributed by atoms with E-state index in [1.165, 1.54) is 18.4 Å². The zero-order valence-corrected chi connectivity index (χ0v) is 12.7. The third-order valence-corrected chi connectivity index (χ3v) is 4.23. The number of likely N-dealkylation sites (tertiary alicyclic amines) is 1. The zero-order chi connectivity index (χ0) is 14.7. The Morgan fingerprint density at radius 3 is 2.81 bits per heavy atom. The molecule has 1 fully saturated rings. The largest absolute Gasteiger partial charge is 0.492 e. The molecule has 0 spiro atoms. The molecule has 1 unspecified atom stereocenters. The van der Waals surface area contributed by atoms with Crippen molar-refractivity contribution in [3.8, 4) is 5.75 Å². The molecule has 1 aliphatic rings. The Kier molecular flexibility index (Phi) is 4.25. The van der Waals surface area contributed by atoms with Gasteiger partial charge in [0.05, 0.1) is 5.69 Å². The Hall–Kier alpha value is -1.81. The first-order valence-electron chi connectivity index (χ1n) is 7.57. The Labute approximate surface area is 125 Å². The van der Waals surface area contributed by atoms with Gasteiger partial charge in [-0.05, 0) is 45.4 Å². The Morgan fingerprint density at radius 2 is 2.10 bits per heavy atom. The topological polar surface area (TPSA) is 38.5 Å². The van der Waals surface area contributed by atoms with Crippen LogP contribution in [0, 0.1) is 13.8 Å². The second kappa shape index (κ2) is 6.31. The van der Waals surface area contributed by atoms with Crippen LogP contribution in [0.2, 0.25) is 0 Å². The predicted molar refractivity (Wildman–Crippen MR) is 81.3 cm³/mol. The number of aryl methyl sites for hydroxylation is 2. The molecule has 3 rings (SSSR count). The molecule has 1 aromatic carbocycles. The van der Waals surface area contributed by atoms with Crippen molar-refractivity contribution in [2.24, 2.45) is 0 Å². The van der Waals surface area contributed by atoms with Gasteiger partial charge < -0.3 is 9.26 Å². The summed E-state index contributed by atoms with van der Waals surface area (Å²) in [5, 5.41) is 4.04. The molecule has 1 saturated heterocycles. The van der Waals surface area contributed by atoms with E-state index in [9.17, 15) is 0 Å². The van der Waals surface area contributed by atoms with E-state index in [0.29, 0.717) is 6.04 Å². The van der Waals surface area contributed by atoms with E-state index >= 15 is 0 Å². The average molecular weight is 286 g/mol. The molecular weight excluding hydrogens is 264 g/mol. The third kappa shape index (κ3) is 3.27. The van der Waals surface area contributed by atoms with Crippen LogP contribution in [0.4, 0.5) is 0 Å². The summed E-state index contributed by atoms with van der Waals surface area (Å²) in [6.45, 7) is 6.77. The predicted octanol–water partition coefficient (Wildman–Crippen LogP) is 3.33. The quantitative estimate of drug-likeness (QED) is 0.845. The van der Waals surface area contributed by atoms with Crippen molar-refractivity contribution in [3.05, 3.63) is 47.3 Å². The first kappa shape index (κ1) is 14.1. The summed E-state index contributed by atoms with van der Waals surface area (Å²) in [4.78, 5) is 2.48. The van der Waals surface area contributed by atoms with Crippen molar-refractivity contribution in [1.82, 2.24) is 10.1 Å². The summed E-state index contributed by atoms with van der Waals surface area (Å²) in [5.74, 6) is 1.88. The van der Waals surface area contributed by atoms with Gasteiger partial charge in [-0.2, -0.15) is 0 Å². The Morgan fingerprint density at radius 1 is 1.29 bits per heavy atom. The summed E-state index contributed by atoms with van der Waals surface area (Å²) in [5.41, 5.74) is 2.23. The molecule has 1 aromatic heterocycles. The fourth-order valence-corrected chi connectivity index (χ4v) is 2.93. The van der Waals surface area contributed by atoms with Crippen molar-refractivity contribution in [3.63, 3.8) is 0 Å². The summed E-state index contributed by atoms with van der Waals surface area (Å²) >= 11 is 0. The third-order valence-electron chi connectivity index (χ3n) is 4.23. The lowest BCUT2D eigenvalue weighted by Gasteiger charge is -2.24. The van der Waals surface area contributed by atoms with Gasteiger partial charge in [-0.1, -0.05) is 23.4 Å². The number of nitrogens with zero attached hydrogens (tertiary/aromatic N) is 2. The fourth-order valence-electron chi connectivity index (χ4n) is 2.93. The number of hydrogen-bond donors (Lipinski definition) is 0. The van der Waals surface area contributed by atoms with Gasteiger partial charge in [0, 0.05) is 18.2 Å². The molecule has 0 amide bonds. The number of aromatic nitrogens is 1. The highest BCUT2D eigenvalue weighted by Crippen LogP contribution is 2.24. The Balaban J connectivity index is 1.60. The Bertz CT molecular complexity index is 560. The molecule has 0 bridgehead atoms. The highest BCUT2D eigenvalue weighted by molar-refractivity contribution is 5.22. The first-order valence-corrected chi connectivity index (χ1v) is 7.57. The maximum Gasteiger partial charge on any atom is 0.138 e. The van der Waals surface area contributed by atoms with Gasteiger partial charge in [0.25, 0.3) is 0 Å². The summed E-state index contributed by atoms with van der Waals surface area (Å²) in [6, 6.07) is 10.5. The smallest absolute Gasteiger partial charge is 0.138 e. The van der Waals surface area contributed by atoms with Crippen LogP contribution in [0.15, 0.2) is 34.9 Å². The minimum absolute atomic E-state index is 0.471. The monoisotopic (exact) mass is 286 g/mol. The van der Waals surface area contributed by atoms with Gasteiger partial charge in [0.15, 0.2) is 0 Å². The average Bonchev–Trinajstić information content (AvgIpc) is 3.08. The van der Waals surface area contributed by atoms with Gasteiger partial charge in [-0.25, -0.2) is 0 Å². The van der Waals surface area contributed by atoms with E-state index in [-0.39, 0.29) is 0 Å². The normalized spacial score (nSPS) is 19.0. The van der Waals surface area contributed by atoms with Crippen LogP contribution in [0.1, 0.15) is 29.9 Å². The molecule has 0 N–H and O–H groups in total. The van der Waals surface area contributed by atoms with Gasteiger partial charge in [-0.15, -0.1) is 0 Å². The molecule has 1 atom stereocenters.